The van der Waals surface area contributed by atoms with Crippen LogP contribution in [0.5, 0.6) is 0 Å². The number of nitrogens with two attached hydrogens (primary N) is 1. The van der Waals surface area contributed by atoms with Gasteiger partial charge in [0.1, 0.15) is 0 Å². The van der Waals surface area contributed by atoms with Crippen molar-refractivity contribution in [3.63, 3.8) is 0 Å². The topological polar surface area (TPSA) is 81.4 Å². The largest absolute Gasteiger partial charge is 0.399 e. The Labute approximate surface area is 138 Å². The van der Waals surface area contributed by atoms with Crippen LogP contribution in [0.15, 0.2) is 29.2 Å². The van der Waals surface area contributed by atoms with Crippen LogP contribution in [-0.2, 0) is 14.8 Å². The van der Waals surface area contributed by atoms with Crippen LogP contribution in [0.1, 0.15) is 51.4 Å². The van der Waals surface area contributed by atoms with E-state index in [-0.39, 0.29) is 17.0 Å². The molecule has 0 unspecified atom stereocenters. The number of rotatable bonds is 5. The number of benzene rings is 1. The minimum atomic E-state index is -3.53. The molecular formula is C17H26N2O3S. The SMILES string of the molecule is Nc1ccc(S(=O)(=O)N[C@@H]2CCCC[C@H]2OC2CCCC2)cc1. The Balaban J connectivity index is 1.69. The van der Waals surface area contributed by atoms with Crippen molar-refractivity contribution in [3.05, 3.63) is 24.3 Å². The molecule has 1 aromatic rings. The van der Waals surface area contributed by atoms with Crippen molar-refractivity contribution in [1.82, 2.24) is 4.72 Å². The van der Waals surface area contributed by atoms with Crippen LogP contribution < -0.4 is 10.5 Å². The second kappa shape index (κ2) is 7.20. The third-order valence-electron chi connectivity index (χ3n) is 4.87. The molecule has 2 fully saturated rings. The molecule has 23 heavy (non-hydrogen) atoms. The summed E-state index contributed by atoms with van der Waals surface area (Å²) in [5, 5.41) is 0. The maximum absolute atomic E-state index is 12.6. The lowest BCUT2D eigenvalue weighted by molar-refractivity contribution is -0.0391. The van der Waals surface area contributed by atoms with Crippen molar-refractivity contribution in [3.8, 4) is 0 Å². The molecule has 3 N–H and O–H groups in total. The van der Waals surface area contributed by atoms with Crippen LogP contribution in [0.2, 0.25) is 0 Å². The molecule has 0 heterocycles. The highest BCUT2D eigenvalue weighted by atomic mass is 32.2. The predicted octanol–water partition coefficient (Wildman–Crippen LogP) is 2.82. The van der Waals surface area contributed by atoms with E-state index in [1.54, 1.807) is 24.3 Å². The molecule has 128 valence electrons. The Morgan fingerprint density at radius 1 is 0.957 bits per heavy atom. The molecular weight excluding hydrogens is 312 g/mol. The molecule has 1 aromatic carbocycles. The van der Waals surface area contributed by atoms with E-state index >= 15 is 0 Å². The zero-order chi connectivity index (χ0) is 16.3. The average molecular weight is 338 g/mol. The molecule has 0 radical (unpaired) electrons. The van der Waals surface area contributed by atoms with E-state index in [2.05, 4.69) is 4.72 Å². The van der Waals surface area contributed by atoms with Gasteiger partial charge in [0, 0.05) is 11.7 Å². The first-order valence-corrected chi connectivity index (χ1v) is 10.1. The van der Waals surface area contributed by atoms with Crippen LogP contribution in [0, 0.1) is 0 Å². The third kappa shape index (κ3) is 4.25. The monoisotopic (exact) mass is 338 g/mol. The zero-order valence-corrected chi connectivity index (χ0v) is 14.2. The van der Waals surface area contributed by atoms with Crippen LogP contribution >= 0.6 is 0 Å². The van der Waals surface area contributed by atoms with Crippen molar-refractivity contribution >= 4 is 15.7 Å². The third-order valence-corrected chi connectivity index (χ3v) is 6.37. The van der Waals surface area contributed by atoms with Gasteiger partial charge in [-0.15, -0.1) is 0 Å². The van der Waals surface area contributed by atoms with Gasteiger partial charge in [-0.3, -0.25) is 0 Å². The van der Waals surface area contributed by atoms with Crippen molar-refractivity contribution in [2.24, 2.45) is 0 Å². The Morgan fingerprint density at radius 3 is 2.26 bits per heavy atom. The molecule has 0 saturated heterocycles. The van der Waals surface area contributed by atoms with Crippen molar-refractivity contribution < 1.29 is 13.2 Å². The number of hydrogen-bond acceptors (Lipinski definition) is 4. The molecule has 0 aromatic heterocycles. The number of sulfonamides is 1. The van der Waals surface area contributed by atoms with E-state index in [1.807, 2.05) is 0 Å². The Morgan fingerprint density at radius 2 is 1.57 bits per heavy atom. The maximum atomic E-state index is 12.6. The first-order chi connectivity index (χ1) is 11.0. The molecule has 0 bridgehead atoms. The number of ether oxygens (including phenoxy) is 1. The van der Waals surface area contributed by atoms with Crippen LogP contribution in [0.25, 0.3) is 0 Å². The summed E-state index contributed by atoms with van der Waals surface area (Å²) < 4.78 is 34.3. The normalized spacial score (nSPS) is 26.4. The van der Waals surface area contributed by atoms with E-state index in [4.69, 9.17) is 10.5 Å². The maximum Gasteiger partial charge on any atom is 0.240 e. The smallest absolute Gasteiger partial charge is 0.240 e. The van der Waals surface area contributed by atoms with Crippen LogP contribution in [0.4, 0.5) is 5.69 Å². The lowest BCUT2D eigenvalue weighted by Gasteiger charge is -2.33. The van der Waals surface area contributed by atoms with Gasteiger partial charge in [-0.1, -0.05) is 25.7 Å². The molecule has 3 rings (SSSR count). The fourth-order valence-corrected chi connectivity index (χ4v) is 4.88. The quantitative estimate of drug-likeness (QED) is 0.809. The fraction of sp³-hybridized carbons (Fsp3) is 0.647. The Kier molecular flexibility index (Phi) is 5.24. The molecule has 6 heteroatoms. The number of nitrogen functional groups attached to an aromatic ring is 1. The van der Waals surface area contributed by atoms with E-state index in [1.165, 1.54) is 12.8 Å². The van der Waals surface area contributed by atoms with Gasteiger partial charge in [0.25, 0.3) is 0 Å². The van der Waals surface area contributed by atoms with Gasteiger partial charge in [0.05, 0.1) is 17.1 Å². The summed E-state index contributed by atoms with van der Waals surface area (Å²) in [6.45, 7) is 0. The number of nitrogens with one attached hydrogen (secondary N) is 1. The Bertz CT molecular complexity index is 609. The summed E-state index contributed by atoms with van der Waals surface area (Å²) in [5.74, 6) is 0. The predicted molar refractivity (Wildman–Crippen MR) is 90.6 cm³/mol. The van der Waals surface area contributed by atoms with E-state index in [9.17, 15) is 8.42 Å². The van der Waals surface area contributed by atoms with Crippen molar-refractivity contribution in [2.45, 2.75) is 74.5 Å². The van der Waals surface area contributed by atoms with Gasteiger partial charge in [0.15, 0.2) is 0 Å². The molecule has 5 nitrogen and oxygen atoms in total. The van der Waals surface area contributed by atoms with E-state index in [0.717, 1.165) is 38.5 Å². The van der Waals surface area contributed by atoms with Gasteiger partial charge in [-0.25, -0.2) is 13.1 Å². The van der Waals surface area contributed by atoms with Gasteiger partial charge in [-0.05, 0) is 49.9 Å². The highest BCUT2D eigenvalue weighted by Gasteiger charge is 2.32. The summed E-state index contributed by atoms with van der Waals surface area (Å²) in [6, 6.07) is 6.19. The van der Waals surface area contributed by atoms with Gasteiger partial charge < -0.3 is 10.5 Å². The molecule has 0 amide bonds. The number of hydrogen-bond donors (Lipinski definition) is 2. The Hall–Kier alpha value is -1.11. The number of anilines is 1. The first kappa shape index (κ1) is 16.7. The standard InChI is InChI=1S/C17H26N2O3S/c18-13-9-11-15(12-10-13)23(20,21)19-16-7-3-4-8-17(16)22-14-5-1-2-6-14/h9-12,14,16-17,19H,1-8,18H2/t16-,17-/m1/s1. The summed E-state index contributed by atoms with van der Waals surface area (Å²) in [4.78, 5) is 0.261. The lowest BCUT2D eigenvalue weighted by atomic mass is 9.93. The summed E-state index contributed by atoms with van der Waals surface area (Å²) >= 11 is 0. The fourth-order valence-electron chi connectivity index (χ4n) is 3.58. The second-order valence-corrected chi connectivity index (χ2v) is 8.38. The van der Waals surface area contributed by atoms with Crippen molar-refractivity contribution in [1.29, 1.82) is 0 Å². The molecule has 2 saturated carbocycles. The summed E-state index contributed by atoms with van der Waals surface area (Å²) in [7, 11) is -3.53. The van der Waals surface area contributed by atoms with Gasteiger partial charge >= 0.3 is 0 Å². The van der Waals surface area contributed by atoms with Gasteiger partial charge in [0.2, 0.25) is 10.0 Å². The average Bonchev–Trinajstić information content (AvgIpc) is 3.02. The minimum Gasteiger partial charge on any atom is -0.399 e. The highest BCUT2D eigenvalue weighted by Crippen LogP contribution is 2.29. The van der Waals surface area contributed by atoms with E-state index in [0.29, 0.717) is 11.8 Å². The van der Waals surface area contributed by atoms with Gasteiger partial charge in [-0.2, -0.15) is 0 Å². The summed E-state index contributed by atoms with van der Waals surface area (Å²) in [6.07, 6.45) is 8.88. The lowest BCUT2D eigenvalue weighted by Crippen LogP contribution is -2.47. The molecule has 2 atom stereocenters. The highest BCUT2D eigenvalue weighted by molar-refractivity contribution is 7.89. The van der Waals surface area contributed by atoms with Crippen molar-refractivity contribution in [2.75, 3.05) is 5.73 Å². The molecule has 2 aliphatic carbocycles. The van der Waals surface area contributed by atoms with Crippen LogP contribution in [-0.4, -0.2) is 26.7 Å². The summed E-state index contributed by atoms with van der Waals surface area (Å²) in [5.41, 5.74) is 6.19. The second-order valence-electron chi connectivity index (χ2n) is 6.66. The molecule has 0 aliphatic heterocycles. The zero-order valence-electron chi connectivity index (χ0n) is 13.4. The van der Waals surface area contributed by atoms with E-state index < -0.39 is 10.0 Å². The molecule has 0 spiro atoms. The van der Waals surface area contributed by atoms with Crippen LogP contribution in [0.3, 0.4) is 0 Å². The molecule has 2 aliphatic rings. The minimum absolute atomic E-state index is 0.00425. The first-order valence-electron chi connectivity index (χ1n) is 8.58.